The van der Waals surface area contributed by atoms with Gasteiger partial charge < -0.3 is 0 Å². The number of aliphatic imine (C=N–C) groups is 1. The Kier molecular flexibility index (Phi) is 4.16. The van der Waals surface area contributed by atoms with Crippen molar-refractivity contribution in [3.8, 4) is 0 Å². The van der Waals surface area contributed by atoms with Crippen LogP contribution in [0.5, 0.6) is 0 Å². The quantitative estimate of drug-likeness (QED) is 0.669. The summed E-state index contributed by atoms with van der Waals surface area (Å²) in [5.41, 5.74) is 7.44. The minimum Gasteiger partial charge on any atom is -0.253 e. The largest absolute Gasteiger partial charge is 0.253 e. The van der Waals surface area contributed by atoms with Gasteiger partial charge in [0.05, 0.1) is 5.69 Å². The number of rotatable bonds is 3. The second kappa shape index (κ2) is 5.83. The molecule has 0 spiro atoms. The van der Waals surface area contributed by atoms with Crippen molar-refractivity contribution in [3.05, 3.63) is 64.7 Å². The van der Waals surface area contributed by atoms with Gasteiger partial charge in [-0.1, -0.05) is 42.8 Å². The predicted molar refractivity (Wildman–Crippen MR) is 83.6 cm³/mol. The second-order valence-electron chi connectivity index (χ2n) is 5.02. The van der Waals surface area contributed by atoms with E-state index in [0.29, 0.717) is 0 Å². The predicted octanol–water partition coefficient (Wildman–Crippen LogP) is 5.14. The average molecular weight is 251 g/mol. The molecule has 0 heterocycles. The Morgan fingerprint density at radius 3 is 2.05 bits per heavy atom. The summed E-state index contributed by atoms with van der Waals surface area (Å²) in [5, 5.41) is 0. The molecule has 2 rings (SSSR count). The molecule has 0 saturated heterocycles. The molecule has 0 unspecified atom stereocenters. The molecule has 2 aromatic carbocycles. The van der Waals surface area contributed by atoms with Gasteiger partial charge in [0.2, 0.25) is 0 Å². The van der Waals surface area contributed by atoms with Crippen LogP contribution in [0.2, 0.25) is 0 Å². The average Bonchev–Trinajstić information content (AvgIpc) is 2.37. The molecule has 1 nitrogen and oxygen atoms in total. The van der Waals surface area contributed by atoms with Gasteiger partial charge in [0, 0.05) is 11.3 Å². The fraction of sp³-hybridized carbons (Fsp3) is 0.278. The first kappa shape index (κ1) is 13.5. The smallest absolute Gasteiger partial charge is 0.0633 e. The van der Waals surface area contributed by atoms with Gasteiger partial charge in [0.1, 0.15) is 0 Å². The summed E-state index contributed by atoms with van der Waals surface area (Å²) < 4.78 is 0. The highest BCUT2D eigenvalue weighted by molar-refractivity contribution is 6.04. The van der Waals surface area contributed by atoms with E-state index in [1.807, 2.05) is 18.2 Å². The number of nitrogens with zero attached hydrogens (tertiary/aromatic N) is 1. The molecule has 0 aliphatic heterocycles. The molecular weight excluding hydrogens is 230 g/mol. The van der Waals surface area contributed by atoms with E-state index in [0.717, 1.165) is 12.1 Å². The van der Waals surface area contributed by atoms with E-state index in [-0.39, 0.29) is 0 Å². The lowest BCUT2D eigenvalue weighted by molar-refractivity contribution is 1.22. The van der Waals surface area contributed by atoms with Crippen LogP contribution < -0.4 is 0 Å². The fourth-order valence-corrected chi connectivity index (χ4v) is 2.61. The van der Waals surface area contributed by atoms with E-state index in [1.165, 1.54) is 28.0 Å². The van der Waals surface area contributed by atoms with Crippen molar-refractivity contribution in [2.45, 2.75) is 34.1 Å². The van der Waals surface area contributed by atoms with Gasteiger partial charge in [-0.25, -0.2) is 0 Å². The summed E-state index contributed by atoms with van der Waals surface area (Å²) in [6.07, 6.45) is 0.944. The number of para-hydroxylation sites is 1. The molecule has 0 N–H and O–H groups in total. The minimum atomic E-state index is 0.944. The maximum Gasteiger partial charge on any atom is 0.0633 e. The summed E-state index contributed by atoms with van der Waals surface area (Å²) in [7, 11) is 0. The Labute approximate surface area is 116 Å². The summed E-state index contributed by atoms with van der Waals surface area (Å²) in [4.78, 5) is 4.82. The summed E-state index contributed by atoms with van der Waals surface area (Å²) in [5.74, 6) is 0. The number of aryl methyl sites for hydroxylation is 3. The molecule has 0 bridgehead atoms. The lowest BCUT2D eigenvalue weighted by Gasteiger charge is -2.13. The molecule has 0 fully saturated rings. The Morgan fingerprint density at radius 2 is 1.53 bits per heavy atom. The summed E-state index contributed by atoms with van der Waals surface area (Å²) >= 11 is 0. The van der Waals surface area contributed by atoms with E-state index < -0.39 is 0 Å². The van der Waals surface area contributed by atoms with Crippen molar-refractivity contribution in [1.82, 2.24) is 0 Å². The van der Waals surface area contributed by atoms with Gasteiger partial charge in [-0.15, -0.1) is 0 Å². The Balaban J connectivity index is 2.52. The molecule has 0 aliphatic carbocycles. The first-order valence-electron chi connectivity index (χ1n) is 6.82. The van der Waals surface area contributed by atoms with Crippen molar-refractivity contribution < 1.29 is 0 Å². The molecule has 19 heavy (non-hydrogen) atoms. The van der Waals surface area contributed by atoms with Crippen LogP contribution in [0.15, 0.2) is 47.5 Å². The van der Waals surface area contributed by atoms with Crippen LogP contribution in [0.3, 0.4) is 0 Å². The van der Waals surface area contributed by atoms with Crippen molar-refractivity contribution >= 4 is 11.4 Å². The summed E-state index contributed by atoms with van der Waals surface area (Å²) in [6.45, 7) is 8.65. The number of hydrogen-bond donors (Lipinski definition) is 0. The normalized spacial score (nSPS) is 11.7. The van der Waals surface area contributed by atoms with Crippen LogP contribution in [0.4, 0.5) is 5.69 Å². The van der Waals surface area contributed by atoms with Crippen molar-refractivity contribution in [2.75, 3.05) is 0 Å². The van der Waals surface area contributed by atoms with E-state index in [1.54, 1.807) is 0 Å². The highest BCUT2D eigenvalue weighted by Crippen LogP contribution is 2.21. The zero-order valence-electron chi connectivity index (χ0n) is 12.2. The lowest BCUT2D eigenvalue weighted by Crippen LogP contribution is -2.05. The molecule has 98 valence electrons. The highest BCUT2D eigenvalue weighted by Gasteiger charge is 2.09. The Hall–Kier alpha value is -1.89. The first-order chi connectivity index (χ1) is 9.11. The standard InChI is InChI=1S/C18H21N/c1-5-17(19-16-9-7-6-8-10-16)18-14(3)11-13(2)12-15(18)4/h6-12H,5H2,1-4H3. The van der Waals surface area contributed by atoms with E-state index >= 15 is 0 Å². The third kappa shape index (κ3) is 3.11. The molecule has 1 heteroatoms. The summed E-state index contributed by atoms with van der Waals surface area (Å²) in [6, 6.07) is 14.6. The highest BCUT2D eigenvalue weighted by atomic mass is 14.7. The fourth-order valence-electron chi connectivity index (χ4n) is 2.61. The van der Waals surface area contributed by atoms with E-state index in [4.69, 9.17) is 4.99 Å². The van der Waals surface area contributed by atoms with E-state index in [2.05, 4.69) is 52.0 Å². The van der Waals surface area contributed by atoms with Crippen molar-refractivity contribution in [1.29, 1.82) is 0 Å². The van der Waals surface area contributed by atoms with Gasteiger partial charge in [-0.05, 0) is 50.5 Å². The van der Waals surface area contributed by atoms with Crippen LogP contribution in [0, 0.1) is 20.8 Å². The van der Waals surface area contributed by atoms with E-state index in [9.17, 15) is 0 Å². The van der Waals surface area contributed by atoms with Gasteiger partial charge in [0.25, 0.3) is 0 Å². The van der Waals surface area contributed by atoms with Gasteiger partial charge in [0.15, 0.2) is 0 Å². The van der Waals surface area contributed by atoms with Gasteiger partial charge in [-0.2, -0.15) is 0 Å². The van der Waals surface area contributed by atoms with Crippen LogP contribution in [0.1, 0.15) is 35.6 Å². The molecule has 0 amide bonds. The molecule has 0 aromatic heterocycles. The minimum absolute atomic E-state index is 0.944. The molecule has 0 atom stereocenters. The lowest BCUT2D eigenvalue weighted by atomic mass is 9.95. The number of benzene rings is 2. The van der Waals surface area contributed by atoms with Gasteiger partial charge >= 0.3 is 0 Å². The molecule has 0 radical (unpaired) electrons. The Bertz CT molecular complexity index is 571. The maximum absolute atomic E-state index is 4.82. The second-order valence-corrected chi connectivity index (χ2v) is 5.02. The molecule has 0 aliphatic rings. The monoisotopic (exact) mass is 251 g/mol. The first-order valence-corrected chi connectivity index (χ1v) is 6.82. The third-order valence-corrected chi connectivity index (χ3v) is 3.32. The van der Waals surface area contributed by atoms with Crippen molar-refractivity contribution in [3.63, 3.8) is 0 Å². The Morgan fingerprint density at radius 1 is 0.947 bits per heavy atom. The van der Waals surface area contributed by atoms with Crippen molar-refractivity contribution in [2.24, 2.45) is 4.99 Å². The topological polar surface area (TPSA) is 12.4 Å². The SMILES string of the molecule is CCC(=Nc1ccccc1)c1c(C)cc(C)cc1C. The molecule has 0 saturated carbocycles. The van der Waals surface area contributed by atoms with Crippen LogP contribution >= 0.6 is 0 Å². The van der Waals surface area contributed by atoms with Crippen LogP contribution in [-0.4, -0.2) is 5.71 Å². The molecular formula is C18H21N. The number of hydrogen-bond acceptors (Lipinski definition) is 1. The van der Waals surface area contributed by atoms with Crippen LogP contribution in [0.25, 0.3) is 0 Å². The van der Waals surface area contributed by atoms with Crippen LogP contribution in [-0.2, 0) is 0 Å². The molecule has 2 aromatic rings. The zero-order chi connectivity index (χ0) is 13.8. The third-order valence-electron chi connectivity index (χ3n) is 3.32. The van der Waals surface area contributed by atoms with Gasteiger partial charge in [-0.3, -0.25) is 4.99 Å². The zero-order valence-corrected chi connectivity index (χ0v) is 12.2. The maximum atomic E-state index is 4.82.